The van der Waals surface area contributed by atoms with Crippen LogP contribution in [-0.4, -0.2) is 39.7 Å². The minimum atomic E-state index is -0.503. The number of hydrogen-bond acceptors (Lipinski definition) is 5. The predicted octanol–water partition coefficient (Wildman–Crippen LogP) is 3.47. The van der Waals surface area contributed by atoms with Gasteiger partial charge in [-0.25, -0.2) is 14.2 Å². The van der Waals surface area contributed by atoms with Crippen molar-refractivity contribution in [2.45, 2.75) is 45.1 Å². The molecule has 1 fully saturated rings. The fourth-order valence-corrected chi connectivity index (χ4v) is 2.99. The number of nitrogens with two attached hydrogens (primary N) is 1. The Morgan fingerprint density at radius 1 is 1.32 bits per heavy atom. The zero-order valence-corrected chi connectivity index (χ0v) is 14.8. The van der Waals surface area contributed by atoms with E-state index in [9.17, 15) is 9.18 Å². The first-order chi connectivity index (χ1) is 11.7. The molecule has 0 unspecified atom stereocenters. The number of piperidine rings is 1. The number of halogens is 1. The number of likely N-dealkylation sites (tertiary alicyclic amines) is 1. The molecule has 3 rings (SSSR count). The van der Waals surface area contributed by atoms with Crippen molar-refractivity contribution in [3.8, 4) is 0 Å². The van der Waals surface area contributed by atoms with Crippen molar-refractivity contribution in [3.05, 3.63) is 29.8 Å². The first-order valence-corrected chi connectivity index (χ1v) is 8.42. The quantitative estimate of drug-likeness (QED) is 0.800. The second-order valence-corrected chi connectivity index (χ2v) is 7.41. The molecule has 0 atom stereocenters. The van der Waals surface area contributed by atoms with Gasteiger partial charge in [0.1, 0.15) is 11.1 Å². The molecule has 0 radical (unpaired) electrons. The summed E-state index contributed by atoms with van der Waals surface area (Å²) in [5.74, 6) is -0.317. The third-order valence-corrected chi connectivity index (χ3v) is 4.21. The molecular weight excluding hydrogens is 323 g/mol. The average molecular weight is 346 g/mol. The van der Waals surface area contributed by atoms with Crippen LogP contribution in [0.1, 0.15) is 45.2 Å². The maximum absolute atomic E-state index is 14.1. The number of ether oxygens (including phenoxy) is 1. The summed E-state index contributed by atoms with van der Waals surface area (Å²) in [6, 6.07) is 2.87. The van der Waals surface area contributed by atoms with E-state index in [1.807, 2.05) is 20.8 Å². The monoisotopic (exact) mass is 346 g/mol. The lowest BCUT2D eigenvalue weighted by Crippen LogP contribution is -2.41. The molecule has 1 amide bonds. The maximum Gasteiger partial charge on any atom is 0.410 e. The number of anilines is 1. The van der Waals surface area contributed by atoms with Gasteiger partial charge in [-0.05, 0) is 45.7 Å². The molecule has 1 saturated heterocycles. The second kappa shape index (κ2) is 6.46. The van der Waals surface area contributed by atoms with Crippen LogP contribution in [0, 0.1) is 5.82 Å². The molecule has 1 aromatic carbocycles. The summed E-state index contributed by atoms with van der Waals surface area (Å²) in [7, 11) is 0. The van der Waals surface area contributed by atoms with Gasteiger partial charge in [0.2, 0.25) is 0 Å². The van der Waals surface area contributed by atoms with Crippen LogP contribution in [0.2, 0.25) is 0 Å². The van der Waals surface area contributed by atoms with Crippen molar-refractivity contribution >= 4 is 22.8 Å². The molecule has 6 nitrogen and oxygen atoms in total. The molecule has 1 aliphatic heterocycles. The molecule has 1 aliphatic rings. The minimum Gasteiger partial charge on any atom is -0.444 e. The first-order valence-electron chi connectivity index (χ1n) is 8.42. The predicted molar refractivity (Wildman–Crippen MR) is 93.7 cm³/mol. The van der Waals surface area contributed by atoms with Crippen LogP contribution < -0.4 is 5.73 Å². The van der Waals surface area contributed by atoms with Crippen molar-refractivity contribution in [3.63, 3.8) is 0 Å². The third-order valence-electron chi connectivity index (χ3n) is 4.21. The Labute approximate surface area is 146 Å². The zero-order valence-electron chi connectivity index (χ0n) is 14.8. The number of aromatic nitrogens is 2. The fourth-order valence-electron chi connectivity index (χ4n) is 2.99. The number of nitrogen functional groups attached to an aromatic ring is 1. The SMILES string of the molecule is CC(C)(C)OC(=O)N1CCC(c2cnc3cc(N)cc(F)c3n2)CC1. The van der Waals surface area contributed by atoms with Crippen LogP contribution in [-0.2, 0) is 4.74 Å². The van der Waals surface area contributed by atoms with Crippen molar-refractivity contribution in [2.75, 3.05) is 18.8 Å². The Kier molecular flexibility index (Phi) is 4.49. The molecule has 2 heterocycles. The van der Waals surface area contributed by atoms with Gasteiger partial charge in [0.25, 0.3) is 0 Å². The molecular formula is C18H23FN4O2. The van der Waals surface area contributed by atoms with Crippen LogP contribution in [0.3, 0.4) is 0 Å². The Balaban J connectivity index is 1.71. The van der Waals surface area contributed by atoms with E-state index in [1.54, 1.807) is 17.2 Å². The van der Waals surface area contributed by atoms with E-state index in [0.717, 1.165) is 18.5 Å². The highest BCUT2D eigenvalue weighted by Gasteiger charge is 2.28. The zero-order chi connectivity index (χ0) is 18.2. The maximum atomic E-state index is 14.1. The molecule has 2 aromatic rings. The lowest BCUT2D eigenvalue weighted by molar-refractivity contribution is 0.0204. The molecule has 25 heavy (non-hydrogen) atoms. The summed E-state index contributed by atoms with van der Waals surface area (Å²) in [5, 5.41) is 0. The van der Waals surface area contributed by atoms with E-state index in [2.05, 4.69) is 9.97 Å². The Hall–Kier alpha value is -2.44. The summed E-state index contributed by atoms with van der Waals surface area (Å²) in [5.41, 5.74) is 6.90. The summed E-state index contributed by atoms with van der Waals surface area (Å²) < 4.78 is 19.5. The molecule has 0 saturated carbocycles. The van der Waals surface area contributed by atoms with E-state index in [0.29, 0.717) is 24.3 Å². The lowest BCUT2D eigenvalue weighted by atomic mass is 9.94. The van der Waals surface area contributed by atoms with Gasteiger partial charge in [-0.2, -0.15) is 0 Å². The Morgan fingerprint density at radius 3 is 2.64 bits per heavy atom. The third kappa shape index (κ3) is 3.97. The molecule has 7 heteroatoms. The van der Waals surface area contributed by atoms with Crippen molar-refractivity contribution < 1.29 is 13.9 Å². The highest BCUT2D eigenvalue weighted by atomic mass is 19.1. The Bertz CT molecular complexity index is 795. The van der Waals surface area contributed by atoms with Gasteiger partial charge in [0, 0.05) is 30.9 Å². The minimum absolute atomic E-state index is 0.146. The van der Waals surface area contributed by atoms with Gasteiger partial charge < -0.3 is 15.4 Å². The largest absolute Gasteiger partial charge is 0.444 e. The van der Waals surface area contributed by atoms with Gasteiger partial charge in [-0.15, -0.1) is 0 Å². The average Bonchev–Trinajstić information content (AvgIpc) is 2.53. The summed E-state index contributed by atoms with van der Waals surface area (Å²) >= 11 is 0. The number of benzene rings is 1. The standard InChI is InChI=1S/C18H23FN4O2/c1-18(2,3)25-17(24)23-6-4-11(5-7-23)15-10-21-14-9-12(20)8-13(19)16(14)22-15/h8-11H,4-7,20H2,1-3H3. The van der Waals surface area contributed by atoms with E-state index in [-0.39, 0.29) is 17.5 Å². The highest BCUT2D eigenvalue weighted by molar-refractivity contribution is 5.78. The van der Waals surface area contributed by atoms with Gasteiger partial charge in [-0.3, -0.25) is 4.98 Å². The molecule has 1 aromatic heterocycles. The van der Waals surface area contributed by atoms with Crippen LogP contribution in [0.4, 0.5) is 14.9 Å². The lowest BCUT2D eigenvalue weighted by Gasteiger charge is -2.33. The molecule has 0 aliphatic carbocycles. The number of carbonyl (C=O) groups excluding carboxylic acids is 1. The van der Waals surface area contributed by atoms with Crippen LogP contribution in [0.25, 0.3) is 11.0 Å². The summed E-state index contributed by atoms with van der Waals surface area (Å²) in [6.07, 6.45) is 2.87. The smallest absolute Gasteiger partial charge is 0.410 e. The number of nitrogens with zero attached hydrogens (tertiary/aromatic N) is 3. The van der Waals surface area contributed by atoms with E-state index < -0.39 is 11.4 Å². The normalized spacial score (nSPS) is 16.2. The molecule has 134 valence electrons. The molecule has 0 bridgehead atoms. The Morgan fingerprint density at radius 2 is 2.00 bits per heavy atom. The first kappa shape index (κ1) is 17.4. The number of hydrogen-bond donors (Lipinski definition) is 1. The van der Waals surface area contributed by atoms with Crippen molar-refractivity contribution in [2.24, 2.45) is 0 Å². The summed E-state index contributed by atoms with van der Waals surface area (Å²) in [4.78, 5) is 22.6. The van der Waals surface area contributed by atoms with E-state index >= 15 is 0 Å². The highest BCUT2D eigenvalue weighted by Crippen LogP contribution is 2.29. The van der Waals surface area contributed by atoms with E-state index in [1.165, 1.54) is 6.07 Å². The number of fused-ring (bicyclic) bond motifs is 1. The van der Waals surface area contributed by atoms with Crippen LogP contribution in [0.5, 0.6) is 0 Å². The summed E-state index contributed by atoms with van der Waals surface area (Å²) in [6.45, 7) is 6.73. The van der Waals surface area contributed by atoms with Gasteiger partial charge in [0.15, 0.2) is 5.82 Å². The number of amides is 1. The molecule has 0 spiro atoms. The van der Waals surface area contributed by atoms with Crippen LogP contribution in [0.15, 0.2) is 18.3 Å². The number of rotatable bonds is 1. The topological polar surface area (TPSA) is 81.3 Å². The molecule has 2 N–H and O–H groups in total. The van der Waals surface area contributed by atoms with E-state index in [4.69, 9.17) is 10.5 Å². The van der Waals surface area contributed by atoms with Gasteiger partial charge in [0.05, 0.1) is 11.2 Å². The van der Waals surface area contributed by atoms with Crippen molar-refractivity contribution in [1.82, 2.24) is 14.9 Å². The van der Waals surface area contributed by atoms with Crippen molar-refractivity contribution in [1.29, 1.82) is 0 Å². The fraction of sp³-hybridized carbons (Fsp3) is 0.500. The second-order valence-electron chi connectivity index (χ2n) is 7.41. The van der Waals surface area contributed by atoms with Gasteiger partial charge in [-0.1, -0.05) is 0 Å². The number of carbonyl (C=O) groups is 1. The van der Waals surface area contributed by atoms with Crippen LogP contribution >= 0.6 is 0 Å². The van der Waals surface area contributed by atoms with Gasteiger partial charge >= 0.3 is 6.09 Å².